The summed E-state index contributed by atoms with van der Waals surface area (Å²) >= 11 is 0. The Morgan fingerprint density at radius 2 is 2.05 bits per heavy atom. The molecular weight excluding hydrogens is 246 g/mol. The summed E-state index contributed by atoms with van der Waals surface area (Å²) in [6, 6.07) is 1.77. The third-order valence-electron chi connectivity index (χ3n) is 2.61. The summed E-state index contributed by atoms with van der Waals surface area (Å²) < 4.78 is 4.75. The molecule has 0 radical (unpaired) electrons. The van der Waals surface area contributed by atoms with Crippen LogP contribution in [0.4, 0.5) is 17.8 Å². The van der Waals surface area contributed by atoms with Crippen molar-refractivity contribution in [2.75, 3.05) is 29.0 Å². The number of hydrogen-bond donors (Lipinski definition) is 2. The first-order valence-corrected chi connectivity index (χ1v) is 6.12. The Bertz CT molecular complexity index is 510. The Morgan fingerprint density at radius 1 is 1.26 bits per heavy atom. The zero-order valence-corrected chi connectivity index (χ0v) is 11.0. The summed E-state index contributed by atoms with van der Waals surface area (Å²) in [6.45, 7) is 6.15. The van der Waals surface area contributed by atoms with Crippen LogP contribution in [0, 0.1) is 0 Å². The van der Waals surface area contributed by atoms with Crippen LogP contribution in [-0.4, -0.2) is 33.2 Å². The van der Waals surface area contributed by atoms with Crippen molar-refractivity contribution < 1.29 is 4.52 Å². The molecule has 3 N–H and O–H groups in total. The molecule has 0 amide bonds. The van der Waals surface area contributed by atoms with E-state index >= 15 is 0 Å². The van der Waals surface area contributed by atoms with Crippen molar-refractivity contribution >= 4 is 17.8 Å². The van der Waals surface area contributed by atoms with Crippen molar-refractivity contribution in [3.8, 4) is 0 Å². The second-order valence-corrected chi connectivity index (χ2v) is 3.83. The maximum absolute atomic E-state index is 5.69. The van der Waals surface area contributed by atoms with Gasteiger partial charge in [0.1, 0.15) is 12.0 Å². The number of nitrogens with zero attached hydrogens (tertiary/aromatic N) is 5. The molecule has 0 unspecified atom stereocenters. The first kappa shape index (κ1) is 13.1. The predicted molar refractivity (Wildman–Crippen MR) is 71.6 cm³/mol. The molecule has 2 rings (SSSR count). The van der Waals surface area contributed by atoms with Crippen molar-refractivity contribution in [1.82, 2.24) is 20.1 Å². The summed E-state index contributed by atoms with van der Waals surface area (Å²) in [5.74, 6) is 1.19. The molecule has 0 aliphatic heterocycles. The minimum Gasteiger partial charge on any atom is -0.368 e. The summed E-state index contributed by atoms with van der Waals surface area (Å²) in [5, 5.41) is 6.83. The predicted octanol–water partition coefficient (Wildman–Crippen LogP) is 0.900. The van der Waals surface area contributed by atoms with Gasteiger partial charge in [-0.05, 0) is 13.8 Å². The third-order valence-corrected chi connectivity index (χ3v) is 2.61. The zero-order valence-electron chi connectivity index (χ0n) is 11.0. The standard InChI is InChI=1S/C11H17N7O/c1-3-18(4-2)11-15-9(12)14-10(16-11)13-7-8-5-6-19-17-8/h5-6H,3-4,7H2,1-2H3,(H3,12,13,14,15,16). The van der Waals surface area contributed by atoms with Crippen LogP contribution in [0.1, 0.15) is 19.5 Å². The highest BCUT2D eigenvalue weighted by Crippen LogP contribution is 2.12. The lowest BCUT2D eigenvalue weighted by Gasteiger charge is -2.18. The Kier molecular flexibility index (Phi) is 4.11. The van der Waals surface area contributed by atoms with Gasteiger partial charge in [0.15, 0.2) is 0 Å². The quantitative estimate of drug-likeness (QED) is 0.791. The van der Waals surface area contributed by atoms with E-state index in [0.717, 1.165) is 18.8 Å². The molecule has 0 atom stereocenters. The van der Waals surface area contributed by atoms with Gasteiger partial charge in [0.05, 0.1) is 6.54 Å². The van der Waals surface area contributed by atoms with Crippen LogP contribution in [0.2, 0.25) is 0 Å². The fourth-order valence-electron chi connectivity index (χ4n) is 1.61. The van der Waals surface area contributed by atoms with Gasteiger partial charge in [-0.1, -0.05) is 5.16 Å². The highest BCUT2D eigenvalue weighted by atomic mass is 16.5. The van der Waals surface area contributed by atoms with E-state index in [9.17, 15) is 0 Å². The first-order chi connectivity index (χ1) is 9.22. The summed E-state index contributed by atoms with van der Waals surface area (Å²) in [7, 11) is 0. The van der Waals surface area contributed by atoms with E-state index in [4.69, 9.17) is 10.3 Å². The van der Waals surface area contributed by atoms with Gasteiger partial charge in [-0.3, -0.25) is 0 Å². The minimum absolute atomic E-state index is 0.194. The third kappa shape index (κ3) is 3.30. The van der Waals surface area contributed by atoms with Crippen LogP contribution in [-0.2, 0) is 6.54 Å². The number of rotatable bonds is 6. The maximum Gasteiger partial charge on any atom is 0.231 e. The van der Waals surface area contributed by atoms with E-state index in [1.165, 1.54) is 6.26 Å². The number of nitrogens with two attached hydrogens (primary N) is 1. The molecule has 0 aromatic carbocycles. The molecule has 0 bridgehead atoms. The normalized spacial score (nSPS) is 10.4. The van der Waals surface area contributed by atoms with Crippen LogP contribution in [0.3, 0.4) is 0 Å². The lowest BCUT2D eigenvalue weighted by molar-refractivity contribution is 0.412. The summed E-state index contributed by atoms with van der Waals surface area (Å²) in [5.41, 5.74) is 6.46. The molecule has 8 nitrogen and oxygen atoms in total. The average molecular weight is 263 g/mol. The fourth-order valence-corrected chi connectivity index (χ4v) is 1.61. The van der Waals surface area contributed by atoms with E-state index < -0.39 is 0 Å². The molecule has 0 saturated carbocycles. The molecule has 0 aliphatic rings. The number of aromatic nitrogens is 4. The van der Waals surface area contributed by atoms with Crippen molar-refractivity contribution in [1.29, 1.82) is 0 Å². The van der Waals surface area contributed by atoms with E-state index in [1.54, 1.807) is 6.07 Å². The van der Waals surface area contributed by atoms with Crippen LogP contribution >= 0.6 is 0 Å². The van der Waals surface area contributed by atoms with E-state index in [-0.39, 0.29) is 5.95 Å². The van der Waals surface area contributed by atoms with Gasteiger partial charge < -0.3 is 20.5 Å². The minimum atomic E-state index is 0.194. The Morgan fingerprint density at radius 3 is 2.68 bits per heavy atom. The van der Waals surface area contributed by atoms with Gasteiger partial charge in [0, 0.05) is 19.2 Å². The fraction of sp³-hybridized carbons (Fsp3) is 0.455. The zero-order chi connectivity index (χ0) is 13.7. The summed E-state index contributed by atoms with van der Waals surface area (Å²) in [4.78, 5) is 14.5. The maximum atomic E-state index is 5.69. The smallest absolute Gasteiger partial charge is 0.231 e. The van der Waals surface area contributed by atoms with E-state index in [2.05, 4.69) is 25.4 Å². The van der Waals surface area contributed by atoms with Crippen molar-refractivity contribution in [2.24, 2.45) is 0 Å². The molecule has 19 heavy (non-hydrogen) atoms. The SMILES string of the molecule is CCN(CC)c1nc(N)nc(NCc2ccon2)n1. The summed E-state index contributed by atoms with van der Waals surface area (Å²) in [6.07, 6.45) is 1.51. The lowest BCUT2D eigenvalue weighted by Crippen LogP contribution is -2.25. The van der Waals surface area contributed by atoms with Crippen LogP contribution in [0.25, 0.3) is 0 Å². The number of anilines is 3. The average Bonchev–Trinajstić information content (AvgIpc) is 2.90. The van der Waals surface area contributed by atoms with Crippen molar-refractivity contribution in [3.63, 3.8) is 0 Å². The van der Waals surface area contributed by atoms with Crippen molar-refractivity contribution in [3.05, 3.63) is 18.0 Å². The molecule has 2 heterocycles. The Hall–Kier alpha value is -2.38. The van der Waals surface area contributed by atoms with Gasteiger partial charge in [0.25, 0.3) is 0 Å². The van der Waals surface area contributed by atoms with Crippen LogP contribution in [0.15, 0.2) is 16.9 Å². The molecule has 102 valence electrons. The molecule has 2 aromatic rings. The lowest BCUT2D eigenvalue weighted by atomic mass is 10.4. The second kappa shape index (κ2) is 5.98. The van der Waals surface area contributed by atoms with Gasteiger partial charge in [-0.15, -0.1) is 0 Å². The first-order valence-electron chi connectivity index (χ1n) is 6.12. The molecule has 0 saturated heterocycles. The van der Waals surface area contributed by atoms with Gasteiger partial charge in [-0.25, -0.2) is 0 Å². The molecule has 0 fully saturated rings. The second-order valence-electron chi connectivity index (χ2n) is 3.83. The highest BCUT2D eigenvalue weighted by Gasteiger charge is 2.09. The molecule has 0 aliphatic carbocycles. The Labute approximate surface area is 111 Å². The largest absolute Gasteiger partial charge is 0.368 e. The van der Waals surface area contributed by atoms with E-state index in [0.29, 0.717) is 18.4 Å². The van der Waals surface area contributed by atoms with E-state index in [1.807, 2.05) is 18.7 Å². The molecule has 2 aromatic heterocycles. The Balaban J connectivity index is 2.12. The van der Waals surface area contributed by atoms with Crippen LogP contribution in [0.5, 0.6) is 0 Å². The van der Waals surface area contributed by atoms with Gasteiger partial charge in [0.2, 0.25) is 17.8 Å². The highest BCUT2D eigenvalue weighted by molar-refractivity contribution is 5.41. The number of nitrogen functional groups attached to an aromatic ring is 1. The monoisotopic (exact) mass is 263 g/mol. The van der Waals surface area contributed by atoms with Crippen molar-refractivity contribution in [2.45, 2.75) is 20.4 Å². The number of hydrogen-bond acceptors (Lipinski definition) is 8. The molecule has 0 spiro atoms. The molecule has 8 heteroatoms. The number of nitrogens with one attached hydrogen (secondary N) is 1. The van der Waals surface area contributed by atoms with Gasteiger partial charge in [-0.2, -0.15) is 15.0 Å². The molecular formula is C11H17N7O. The van der Waals surface area contributed by atoms with Gasteiger partial charge >= 0.3 is 0 Å². The van der Waals surface area contributed by atoms with Crippen LogP contribution < -0.4 is 16.0 Å². The topological polar surface area (TPSA) is 106 Å².